The number of hydrogen-bond acceptors (Lipinski definition) is 4. The maximum atomic E-state index is 12.7. The van der Waals surface area contributed by atoms with Gasteiger partial charge in [-0.3, -0.25) is 10.1 Å². The van der Waals surface area contributed by atoms with Gasteiger partial charge in [0.15, 0.2) is 6.10 Å². The lowest BCUT2D eigenvalue weighted by molar-refractivity contribution is -0.189. The number of hydrogen-bond donors (Lipinski definition) is 3. The molecule has 8 heteroatoms. The molecule has 3 N–H and O–H groups in total. The first-order valence-electron chi connectivity index (χ1n) is 5.84. The lowest BCUT2D eigenvalue weighted by atomic mass is 10.1. The molecular formula is C12H13F3N2O2S. The van der Waals surface area contributed by atoms with Crippen LogP contribution in [0.2, 0.25) is 0 Å². The number of amides is 1. The third-order valence-corrected chi connectivity index (χ3v) is 3.89. The van der Waals surface area contributed by atoms with Crippen LogP contribution in [-0.4, -0.2) is 34.8 Å². The summed E-state index contributed by atoms with van der Waals surface area (Å²) >= 11 is 1.12. The Kier molecular flexibility index (Phi) is 4.56. The topological polar surface area (TPSA) is 61.4 Å². The van der Waals surface area contributed by atoms with Gasteiger partial charge in [0, 0.05) is 5.75 Å². The molecule has 2 rings (SSSR count). The summed E-state index contributed by atoms with van der Waals surface area (Å²) in [4.78, 5) is 11.4. The second-order valence-electron chi connectivity index (χ2n) is 4.32. The maximum absolute atomic E-state index is 12.7. The minimum Gasteiger partial charge on any atom is -0.381 e. The van der Waals surface area contributed by atoms with E-state index in [2.05, 4.69) is 10.6 Å². The molecule has 0 aliphatic carbocycles. The monoisotopic (exact) mass is 306 g/mol. The van der Waals surface area contributed by atoms with Crippen molar-refractivity contribution in [1.29, 1.82) is 0 Å². The molecule has 0 spiro atoms. The molecule has 3 unspecified atom stereocenters. The van der Waals surface area contributed by atoms with E-state index in [1.807, 2.05) is 30.3 Å². The van der Waals surface area contributed by atoms with E-state index in [1.54, 1.807) is 0 Å². The van der Waals surface area contributed by atoms with Crippen molar-refractivity contribution in [3.63, 3.8) is 0 Å². The number of benzene rings is 1. The van der Waals surface area contributed by atoms with E-state index in [9.17, 15) is 23.1 Å². The molecule has 0 aromatic heterocycles. The van der Waals surface area contributed by atoms with E-state index >= 15 is 0 Å². The van der Waals surface area contributed by atoms with Crippen LogP contribution in [0, 0.1) is 0 Å². The van der Waals surface area contributed by atoms with E-state index in [1.165, 1.54) is 0 Å². The van der Waals surface area contributed by atoms with Gasteiger partial charge in [0.05, 0.1) is 0 Å². The number of halogens is 3. The first-order chi connectivity index (χ1) is 9.38. The number of rotatable bonds is 3. The second-order valence-corrected chi connectivity index (χ2v) is 5.41. The van der Waals surface area contributed by atoms with E-state index in [4.69, 9.17) is 0 Å². The van der Waals surface area contributed by atoms with Crippen molar-refractivity contribution in [3.8, 4) is 0 Å². The van der Waals surface area contributed by atoms with E-state index in [-0.39, 0.29) is 0 Å². The van der Waals surface area contributed by atoms with Crippen molar-refractivity contribution >= 4 is 17.7 Å². The van der Waals surface area contributed by atoms with Crippen molar-refractivity contribution in [1.82, 2.24) is 10.6 Å². The molecule has 4 nitrogen and oxygen atoms in total. The quantitative estimate of drug-likeness (QED) is 0.786. The molecule has 1 aliphatic rings. The Morgan fingerprint density at radius 1 is 1.25 bits per heavy atom. The summed E-state index contributed by atoms with van der Waals surface area (Å²) in [5, 5.41) is 13.8. The Morgan fingerprint density at radius 2 is 1.90 bits per heavy atom. The third-order valence-electron chi connectivity index (χ3n) is 2.80. The van der Waals surface area contributed by atoms with Gasteiger partial charge < -0.3 is 10.4 Å². The SMILES string of the molecule is O=C1NC(SCc2ccccc2)NC(C(F)(F)F)C1O. The molecule has 0 saturated carbocycles. The highest BCUT2D eigenvalue weighted by atomic mass is 32.2. The zero-order valence-electron chi connectivity index (χ0n) is 10.2. The molecule has 1 aliphatic heterocycles. The van der Waals surface area contributed by atoms with Gasteiger partial charge in [-0.15, -0.1) is 11.8 Å². The number of nitrogens with one attached hydrogen (secondary N) is 2. The summed E-state index contributed by atoms with van der Waals surface area (Å²) in [6.07, 6.45) is -6.80. The van der Waals surface area contributed by atoms with E-state index < -0.39 is 29.7 Å². The zero-order valence-corrected chi connectivity index (χ0v) is 11.0. The van der Waals surface area contributed by atoms with Crippen LogP contribution in [0.4, 0.5) is 13.2 Å². The largest absolute Gasteiger partial charge is 0.407 e. The van der Waals surface area contributed by atoms with Crippen LogP contribution in [0.5, 0.6) is 0 Å². The number of carbonyl (C=O) groups excluding carboxylic acids is 1. The Morgan fingerprint density at radius 3 is 2.50 bits per heavy atom. The molecule has 1 amide bonds. The summed E-state index contributed by atoms with van der Waals surface area (Å²) in [5.41, 5.74) is 0.0426. The highest BCUT2D eigenvalue weighted by molar-refractivity contribution is 7.99. The van der Waals surface area contributed by atoms with Crippen LogP contribution in [0.1, 0.15) is 5.56 Å². The highest BCUT2D eigenvalue weighted by Crippen LogP contribution is 2.27. The van der Waals surface area contributed by atoms with Crippen LogP contribution >= 0.6 is 11.8 Å². The molecule has 1 fully saturated rings. The number of carbonyl (C=O) groups is 1. The smallest absolute Gasteiger partial charge is 0.381 e. The van der Waals surface area contributed by atoms with Crippen molar-refractivity contribution in [3.05, 3.63) is 35.9 Å². The van der Waals surface area contributed by atoms with Gasteiger partial charge >= 0.3 is 6.18 Å². The van der Waals surface area contributed by atoms with E-state index in [0.29, 0.717) is 5.75 Å². The Balaban J connectivity index is 1.97. The molecule has 1 aromatic carbocycles. The molecule has 3 atom stereocenters. The Hall–Kier alpha value is -1.25. The highest BCUT2D eigenvalue weighted by Gasteiger charge is 2.50. The van der Waals surface area contributed by atoms with Gasteiger partial charge in [-0.05, 0) is 5.56 Å². The molecule has 20 heavy (non-hydrogen) atoms. The number of alkyl halides is 3. The molecule has 1 saturated heterocycles. The normalized spacial score (nSPS) is 27.2. The molecule has 1 aromatic rings. The summed E-state index contributed by atoms with van der Waals surface area (Å²) in [5.74, 6) is -0.573. The molecule has 0 bridgehead atoms. The van der Waals surface area contributed by atoms with Gasteiger partial charge in [-0.25, -0.2) is 0 Å². The maximum Gasteiger partial charge on any atom is 0.407 e. The third kappa shape index (κ3) is 3.65. The fourth-order valence-electron chi connectivity index (χ4n) is 1.78. The van der Waals surface area contributed by atoms with Crippen molar-refractivity contribution < 1.29 is 23.1 Å². The molecular weight excluding hydrogens is 293 g/mol. The zero-order chi connectivity index (χ0) is 14.8. The van der Waals surface area contributed by atoms with Crippen LogP contribution in [-0.2, 0) is 10.5 Å². The Bertz CT molecular complexity index is 470. The lowest BCUT2D eigenvalue weighted by Gasteiger charge is -2.35. The number of aliphatic hydroxyl groups excluding tert-OH is 1. The molecule has 110 valence electrons. The Labute approximate surface area is 117 Å². The minimum absolute atomic E-state index is 0.444. The fourth-order valence-corrected chi connectivity index (χ4v) is 2.77. The van der Waals surface area contributed by atoms with Crippen LogP contribution in [0.3, 0.4) is 0 Å². The number of aliphatic hydroxyl groups is 1. The van der Waals surface area contributed by atoms with Crippen molar-refractivity contribution in [2.75, 3.05) is 0 Å². The van der Waals surface area contributed by atoms with Gasteiger partial charge in [-0.2, -0.15) is 13.2 Å². The average molecular weight is 306 g/mol. The summed E-state index contributed by atoms with van der Waals surface area (Å²) in [6, 6.07) is 6.92. The summed E-state index contributed by atoms with van der Waals surface area (Å²) in [6.45, 7) is 0. The fraction of sp³-hybridized carbons (Fsp3) is 0.417. The standard InChI is InChI=1S/C12H13F3N2O2S/c13-12(14,15)9-8(18)10(19)17-11(16-9)20-6-7-4-2-1-3-5-7/h1-5,8-9,11,16,18H,6H2,(H,17,19). The molecule has 1 heterocycles. The second kappa shape index (κ2) is 6.02. The summed E-state index contributed by atoms with van der Waals surface area (Å²) < 4.78 is 38.1. The predicted molar refractivity (Wildman–Crippen MR) is 68.7 cm³/mol. The van der Waals surface area contributed by atoms with Crippen LogP contribution in [0.15, 0.2) is 30.3 Å². The van der Waals surface area contributed by atoms with Crippen LogP contribution in [0.25, 0.3) is 0 Å². The van der Waals surface area contributed by atoms with Gasteiger partial charge in [0.1, 0.15) is 11.5 Å². The van der Waals surface area contributed by atoms with Crippen molar-refractivity contribution in [2.45, 2.75) is 29.6 Å². The average Bonchev–Trinajstić information content (AvgIpc) is 2.40. The minimum atomic E-state index is -4.68. The first-order valence-corrected chi connectivity index (χ1v) is 6.89. The van der Waals surface area contributed by atoms with Crippen LogP contribution < -0.4 is 10.6 Å². The predicted octanol–water partition coefficient (Wildman–Crippen LogP) is 1.21. The number of thioether (sulfide) groups is 1. The lowest BCUT2D eigenvalue weighted by Crippen LogP contribution is -2.67. The van der Waals surface area contributed by atoms with Gasteiger partial charge in [-0.1, -0.05) is 30.3 Å². The van der Waals surface area contributed by atoms with Gasteiger partial charge in [0.25, 0.3) is 5.91 Å². The van der Waals surface area contributed by atoms with E-state index in [0.717, 1.165) is 17.3 Å². The summed E-state index contributed by atoms with van der Waals surface area (Å²) in [7, 11) is 0. The molecule has 0 radical (unpaired) electrons. The first kappa shape index (κ1) is 15.1. The van der Waals surface area contributed by atoms with Crippen molar-refractivity contribution in [2.24, 2.45) is 0 Å². The van der Waals surface area contributed by atoms with Gasteiger partial charge in [0.2, 0.25) is 0 Å².